The van der Waals surface area contributed by atoms with Crippen LogP contribution in [0.15, 0.2) is 0 Å². The van der Waals surface area contributed by atoms with Crippen molar-refractivity contribution in [3.05, 3.63) is 0 Å². The second-order valence-electron chi connectivity index (χ2n) is 7.24. The fourth-order valence-corrected chi connectivity index (χ4v) is 3.70. The molecule has 4 heteroatoms. The van der Waals surface area contributed by atoms with Crippen LogP contribution >= 0.6 is 0 Å². The molecule has 4 nitrogen and oxygen atoms in total. The number of amides is 1. The van der Waals surface area contributed by atoms with Gasteiger partial charge in [0.15, 0.2) is 0 Å². The van der Waals surface area contributed by atoms with Crippen molar-refractivity contribution >= 4 is 5.91 Å². The standard InChI is InChI=1S/C16H31N3O/c1-5-6-16(7-9-17-10-8-16)14(20)19-12-11-18(4)15(2,3)13-19/h17H,5-13H2,1-4H3. The highest BCUT2D eigenvalue weighted by atomic mass is 16.2. The van der Waals surface area contributed by atoms with E-state index in [9.17, 15) is 4.79 Å². The monoisotopic (exact) mass is 281 g/mol. The first kappa shape index (κ1) is 15.8. The van der Waals surface area contributed by atoms with E-state index < -0.39 is 0 Å². The van der Waals surface area contributed by atoms with Crippen LogP contribution < -0.4 is 5.32 Å². The van der Waals surface area contributed by atoms with Crippen molar-refractivity contribution in [2.45, 2.75) is 52.0 Å². The molecule has 0 bridgehead atoms. The maximum Gasteiger partial charge on any atom is 0.228 e. The molecule has 2 heterocycles. The predicted molar refractivity (Wildman–Crippen MR) is 82.7 cm³/mol. The van der Waals surface area contributed by atoms with Gasteiger partial charge in [-0.2, -0.15) is 0 Å². The highest BCUT2D eigenvalue weighted by Gasteiger charge is 2.44. The van der Waals surface area contributed by atoms with Crippen LogP contribution in [0.3, 0.4) is 0 Å². The van der Waals surface area contributed by atoms with Crippen LogP contribution in [-0.4, -0.2) is 61.0 Å². The molecule has 2 saturated heterocycles. The predicted octanol–water partition coefficient (Wildman–Crippen LogP) is 1.71. The lowest BCUT2D eigenvalue weighted by molar-refractivity contribution is -0.149. The molecule has 0 aromatic carbocycles. The summed E-state index contributed by atoms with van der Waals surface area (Å²) in [5.41, 5.74) is 0.000221. The number of piperazine rings is 1. The van der Waals surface area contributed by atoms with E-state index in [0.717, 1.165) is 58.4 Å². The summed E-state index contributed by atoms with van der Waals surface area (Å²) >= 11 is 0. The summed E-state index contributed by atoms with van der Waals surface area (Å²) in [5.74, 6) is 0.419. The van der Waals surface area contributed by atoms with Crippen molar-refractivity contribution in [1.29, 1.82) is 0 Å². The van der Waals surface area contributed by atoms with Crippen LogP contribution in [0, 0.1) is 5.41 Å². The first-order chi connectivity index (χ1) is 9.41. The number of nitrogens with one attached hydrogen (secondary N) is 1. The van der Waals surface area contributed by atoms with Crippen molar-refractivity contribution in [3.8, 4) is 0 Å². The molecule has 0 radical (unpaired) electrons. The van der Waals surface area contributed by atoms with Gasteiger partial charge in [0.1, 0.15) is 0 Å². The number of nitrogens with zero attached hydrogens (tertiary/aromatic N) is 2. The minimum absolute atomic E-state index is 0.0913. The Morgan fingerprint density at radius 2 is 1.85 bits per heavy atom. The lowest BCUT2D eigenvalue weighted by Crippen LogP contribution is -2.61. The minimum Gasteiger partial charge on any atom is -0.339 e. The fraction of sp³-hybridized carbons (Fsp3) is 0.938. The molecular formula is C16H31N3O. The highest BCUT2D eigenvalue weighted by Crippen LogP contribution is 2.37. The molecule has 0 atom stereocenters. The number of rotatable bonds is 3. The molecule has 0 aliphatic carbocycles. The first-order valence-electron chi connectivity index (χ1n) is 8.13. The molecule has 1 N–H and O–H groups in total. The van der Waals surface area contributed by atoms with E-state index in [1.54, 1.807) is 0 Å². The summed E-state index contributed by atoms with van der Waals surface area (Å²) in [7, 11) is 2.16. The van der Waals surface area contributed by atoms with Crippen molar-refractivity contribution in [2.75, 3.05) is 39.8 Å². The van der Waals surface area contributed by atoms with Crippen LogP contribution in [0.5, 0.6) is 0 Å². The molecule has 2 fully saturated rings. The average Bonchev–Trinajstić information content (AvgIpc) is 2.42. The second kappa shape index (κ2) is 6.02. The van der Waals surface area contributed by atoms with E-state index in [4.69, 9.17) is 0 Å². The average molecular weight is 281 g/mol. The number of hydrogen-bond donors (Lipinski definition) is 1. The highest BCUT2D eigenvalue weighted by molar-refractivity contribution is 5.83. The summed E-state index contributed by atoms with van der Waals surface area (Å²) < 4.78 is 0. The van der Waals surface area contributed by atoms with Crippen molar-refractivity contribution < 1.29 is 4.79 Å². The van der Waals surface area contributed by atoms with E-state index >= 15 is 0 Å². The van der Waals surface area contributed by atoms with Gasteiger partial charge >= 0.3 is 0 Å². The zero-order chi connectivity index (χ0) is 14.8. The van der Waals surface area contributed by atoms with Crippen LogP contribution in [0.2, 0.25) is 0 Å². The van der Waals surface area contributed by atoms with Gasteiger partial charge in [0, 0.05) is 25.2 Å². The molecular weight excluding hydrogens is 250 g/mol. The Labute approximate surface area is 123 Å². The van der Waals surface area contributed by atoms with Crippen molar-refractivity contribution in [3.63, 3.8) is 0 Å². The number of carbonyl (C=O) groups is 1. The Morgan fingerprint density at radius 3 is 2.40 bits per heavy atom. The second-order valence-corrected chi connectivity index (χ2v) is 7.24. The van der Waals surface area contributed by atoms with E-state index in [1.165, 1.54) is 0 Å². The summed E-state index contributed by atoms with van der Waals surface area (Å²) in [6, 6.07) is 0. The SMILES string of the molecule is CCCC1(C(=O)N2CCN(C)C(C)(C)C2)CCNCC1. The van der Waals surface area contributed by atoms with Gasteiger partial charge < -0.3 is 10.2 Å². The summed E-state index contributed by atoms with van der Waals surface area (Å²) in [6.45, 7) is 11.4. The number of carbonyl (C=O) groups excluding carboxylic acids is 1. The molecule has 2 aliphatic heterocycles. The molecule has 2 aliphatic rings. The Hall–Kier alpha value is -0.610. The van der Waals surface area contributed by atoms with Gasteiger partial charge in [0.2, 0.25) is 5.91 Å². The van der Waals surface area contributed by atoms with Crippen molar-refractivity contribution in [2.24, 2.45) is 5.41 Å². The third-order valence-corrected chi connectivity index (χ3v) is 5.35. The molecule has 0 aromatic heterocycles. The molecule has 2 rings (SSSR count). The Kier molecular flexibility index (Phi) is 4.75. The summed E-state index contributed by atoms with van der Waals surface area (Å²) in [4.78, 5) is 17.6. The number of likely N-dealkylation sites (N-methyl/N-ethyl adjacent to an activating group) is 1. The summed E-state index contributed by atoms with van der Waals surface area (Å²) in [6.07, 6.45) is 4.15. The van der Waals surface area contributed by atoms with Gasteiger partial charge in [0.25, 0.3) is 0 Å². The third kappa shape index (κ3) is 3.01. The largest absolute Gasteiger partial charge is 0.339 e. The minimum atomic E-state index is -0.0913. The van der Waals surface area contributed by atoms with Gasteiger partial charge in [-0.25, -0.2) is 0 Å². The molecule has 0 unspecified atom stereocenters. The van der Waals surface area contributed by atoms with Crippen LogP contribution in [0.25, 0.3) is 0 Å². The molecule has 0 saturated carbocycles. The van der Waals surface area contributed by atoms with Crippen LogP contribution in [0.4, 0.5) is 0 Å². The van der Waals surface area contributed by atoms with E-state index in [1.807, 2.05) is 0 Å². The van der Waals surface area contributed by atoms with Gasteiger partial charge in [-0.15, -0.1) is 0 Å². The lowest BCUT2D eigenvalue weighted by atomic mass is 9.74. The first-order valence-corrected chi connectivity index (χ1v) is 8.13. The molecule has 0 spiro atoms. The lowest BCUT2D eigenvalue weighted by Gasteiger charge is -2.48. The van der Waals surface area contributed by atoms with E-state index in [2.05, 4.69) is 42.9 Å². The molecule has 116 valence electrons. The maximum absolute atomic E-state index is 13.1. The van der Waals surface area contributed by atoms with Crippen LogP contribution in [-0.2, 0) is 4.79 Å². The molecule has 20 heavy (non-hydrogen) atoms. The molecule has 1 amide bonds. The zero-order valence-corrected chi connectivity index (χ0v) is 13.7. The summed E-state index contributed by atoms with van der Waals surface area (Å²) in [5, 5.41) is 3.40. The third-order valence-electron chi connectivity index (χ3n) is 5.35. The Bertz CT molecular complexity index is 342. The topological polar surface area (TPSA) is 35.6 Å². The van der Waals surface area contributed by atoms with Gasteiger partial charge in [0.05, 0.1) is 5.41 Å². The van der Waals surface area contributed by atoms with Gasteiger partial charge in [-0.1, -0.05) is 13.3 Å². The quantitative estimate of drug-likeness (QED) is 0.855. The fourth-order valence-electron chi connectivity index (χ4n) is 3.70. The Balaban J connectivity index is 2.12. The van der Waals surface area contributed by atoms with E-state index in [-0.39, 0.29) is 11.0 Å². The smallest absolute Gasteiger partial charge is 0.228 e. The van der Waals surface area contributed by atoms with Crippen molar-refractivity contribution in [1.82, 2.24) is 15.1 Å². The number of hydrogen-bond acceptors (Lipinski definition) is 3. The van der Waals surface area contributed by atoms with E-state index in [0.29, 0.717) is 5.91 Å². The zero-order valence-electron chi connectivity index (χ0n) is 13.7. The molecule has 0 aromatic rings. The Morgan fingerprint density at radius 1 is 1.20 bits per heavy atom. The van der Waals surface area contributed by atoms with Gasteiger partial charge in [-0.05, 0) is 53.2 Å². The normalized spacial score (nSPS) is 26.5. The van der Waals surface area contributed by atoms with Crippen LogP contribution in [0.1, 0.15) is 46.5 Å². The van der Waals surface area contributed by atoms with Gasteiger partial charge in [-0.3, -0.25) is 9.69 Å². The maximum atomic E-state index is 13.1. The number of piperidine rings is 1.